The molecule has 3 aromatic carbocycles. The van der Waals surface area contributed by atoms with Crippen LogP contribution in [0.25, 0.3) is 0 Å². The summed E-state index contributed by atoms with van der Waals surface area (Å²) in [5, 5.41) is 6.38. The monoisotopic (exact) mass is 369 g/mol. The first kappa shape index (κ1) is 18.0. The summed E-state index contributed by atoms with van der Waals surface area (Å²) in [6.07, 6.45) is 0.698. The van der Waals surface area contributed by atoms with Gasteiger partial charge in [0.05, 0.1) is 11.8 Å². The van der Waals surface area contributed by atoms with Crippen molar-refractivity contribution in [3.05, 3.63) is 102 Å². The Morgan fingerprint density at radius 1 is 0.893 bits per heavy atom. The highest BCUT2D eigenvalue weighted by Crippen LogP contribution is 2.34. The molecule has 0 N–H and O–H groups in total. The Hall–Kier alpha value is -3.40. The predicted molar refractivity (Wildman–Crippen MR) is 114 cm³/mol. The maximum Gasteiger partial charge on any atom is 0.274 e. The number of benzene rings is 3. The van der Waals surface area contributed by atoms with Gasteiger partial charge in [-0.05, 0) is 35.4 Å². The molecular formula is C24H23N3O. The maximum atomic E-state index is 13.2. The molecule has 4 rings (SSSR count). The van der Waals surface area contributed by atoms with Gasteiger partial charge in [0.25, 0.3) is 5.91 Å². The smallest absolute Gasteiger partial charge is 0.274 e. The molecule has 3 aromatic rings. The van der Waals surface area contributed by atoms with Gasteiger partial charge in [-0.1, -0.05) is 60.7 Å². The highest BCUT2D eigenvalue weighted by atomic mass is 16.2. The fourth-order valence-electron chi connectivity index (χ4n) is 3.47. The fraction of sp³-hybridized carbons (Fsp3) is 0.167. The Labute approximate surface area is 165 Å². The van der Waals surface area contributed by atoms with Gasteiger partial charge < -0.3 is 4.90 Å². The van der Waals surface area contributed by atoms with Crippen LogP contribution in [0.4, 0.5) is 5.69 Å². The molecule has 1 unspecified atom stereocenters. The van der Waals surface area contributed by atoms with Crippen molar-refractivity contribution in [2.24, 2.45) is 5.10 Å². The standard InChI is InChI=1S/C24H23N3O/c1-26(2)21-15-13-19(14-16-21)23-17-22(18-9-5-3-6-10-18)25-27(23)24(28)20-11-7-4-8-12-20/h3-16,23H,17H2,1-2H3. The number of hydrogen-bond donors (Lipinski definition) is 0. The molecular weight excluding hydrogens is 346 g/mol. The van der Waals surface area contributed by atoms with Crippen LogP contribution in [0, 0.1) is 0 Å². The molecule has 0 saturated carbocycles. The van der Waals surface area contributed by atoms with Gasteiger partial charge in [0.1, 0.15) is 0 Å². The molecule has 0 spiro atoms. The van der Waals surface area contributed by atoms with Crippen molar-refractivity contribution in [2.45, 2.75) is 12.5 Å². The van der Waals surface area contributed by atoms with E-state index in [2.05, 4.69) is 29.2 Å². The van der Waals surface area contributed by atoms with Crippen molar-refractivity contribution in [1.29, 1.82) is 0 Å². The fourth-order valence-corrected chi connectivity index (χ4v) is 3.47. The van der Waals surface area contributed by atoms with Crippen LogP contribution in [0.5, 0.6) is 0 Å². The third-order valence-corrected chi connectivity index (χ3v) is 5.04. The van der Waals surface area contributed by atoms with Crippen LogP contribution in [0.2, 0.25) is 0 Å². The summed E-state index contributed by atoms with van der Waals surface area (Å²) in [5.41, 5.74) is 4.86. The number of anilines is 1. The minimum absolute atomic E-state index is 0.0757. The Kier molecular flexibility index (Phi) is 4.94. The van der Waals surface area contributed by atoms with E-state index in [1.165, 1.54) is 0 Å². The summed E-state index contributed by atoms with van der Waals surface area (Å²) in [7, 11) is 4.04. The van der Waals surface area contributed by atoms with Crippen LogP contribution in [0.3, 0.4) is 0 Å². The number of carbonyl (C=O) groups excluding carboxylic acids is 1. The minimum Gasteiger partial charge on any atom is -0.378 e. The zero-order valence-electron chi connectivity index (χ0n) is 16.1. The molecule has 140 valence electrons. The van der Waals surface area contributed by atoms with E-state index in [1.54, 1.807) is 5.01 Å². The van der Waals surface area contributed by atoms with Crippen molar-refractivity contribution in [2.75, 3.05) is 19.0 Å². The second kappa shape index (κ2) is 7.69. The van der Waals surface area contributed by atoms with Crippen molar-refractivity contribution >= 4 is 17.3 Å². The van der Waals surface area contributed by atoms with E-state index in [0.29, 0.717) is 12.0 Å². The molecule has 28 heavy (non-hydrogen) atoms. The minimum atomic E-state index is -0.112. The predicted octanol–water partition coefficient (Wildman–Crippen LogP) is 4.74. The SMILES string of the molecule is CN(C)c1ccc(C2CC(c3ccccc3)=NN2C(=O)c2ccccc2)cc1. The second-order valence-electron chi connectivity index (χ2n) is 7.13. The number of hydrogen-bond acceptors (Lipinski definition) is 3. The van der Waals surface area contributed by atoms with Gasteiger partial charge >= 0.3 is 0 Å². The van der Waals surface area contributed by atoms with Crippen LogP contribution in [0.15, 0.2) is 90.0 Å². The van der Waals surface area contributed by atoms with Gasteiger partial charge in [-0.2, -0.15) is 5.10 Å². The lowest BCUT2D eigenvalue weighted by Crippen LogP contribution is -2.27. The molecule has 0 radical (unpaired) electrons. The van der Waals surface area contributed by atoms with Crippen molar-refractivity contribution in [3.63, 3.8) is 0 Å². The quantitative estimate of drug-likeness (QED) is 0.666. The molecule has 4 nitrogen and oxygen atoms in total. The van der Waals surface area contributed by atoms with Gasteiger partial charge in [0, 0.05) is 31.8 Å². The molecule has 1 aliphatic heterocycles. The molecule has 1 aliphatic rings. The van der Waals surface area contributed by atoms with E-state index in [4.69, 9.17) is 5.10 Å². The Morgan fingerprint density at radius 2 is 1.50 bits per heavy atom. The maximum absolute atomic E-state index is 13.2. The summed E-state index contributed by atoms with van der Waals surface area (Å²) in [6, 6.07) is 27.7. The summed E-state index contributed by atoms with van der Waals surface area (Å²) < 4.78 is 0. The number of nitrogens with zero attached hydrogens (tertiary/aromatic N) is 3. The Balaban J connectivity index is 1.70. The van der Waals surface area contributed by atoms with Crippen LogP contribution in [-0.4, -0.2) is 30.7 Å². The van der Waals surface area contributed by atoms with Gasteiger partial charge in [-0.3, -0.25) is 4.79 Å². The first-order valence-corrected chi connectivity index (χ1v) is 9.42. The van der Waals surface area contributed by atoms with Crippen molar-refractivity contribution in [1.82, 2.24) is 5.01 Å². The number of carbonyl (C=O) groups is 1. The highest BCUT2D eigenvalue weighted by Gasteiger charge is 2.33. The molecule has 0 aliphatic carbocycles. The third kappa shape index (κ3) is 3.54. The molecule has 1 atom stereocenters. The number of rotatable bonds is 4. The van der Waals surface area contributed by atoms with Gasteiger partial charge in [-0.15, -0.1) is 0 Å². The first-order chi connectivity index (χ1) is 13.6. The molecule has 0 aromatic heterocycles. The number of hydrazone groups is 1. The third-order valence-electron chi connectivity index (χ3n) is 5.04. The molecule has 4 heteroatoms. The molecule has 0 saturated heterocycles. The number of amides is 1. The van der Waals surface area contributed by atoms with Crippen molar-refractivity contribution in [3.8, 4) is 0 Å². The van der Waals surface area contributed by atoms with E-state index in [1.807, 2.05) is 74.8 Å². The largest absolute Gasteiger partial charge is 0.378 e. The topological polar surface area (TPSA) is 35.9 Å². The lowest BCUT2D eigenvalue weighted by Gasteiger charge is -2.23. The average Bonchev–Trinajstić information content (AvgIpc) is 3.20. The molecule has 0 fully saturated rings. The lowest BCUT2D eigenvalue weighted by molar-refractivity contribution is 0.0711. The second-order valence-corrected chi connectivity index (χ2v) is 7.13. The molecule has 0 bridgehead atoms. The van der Waals surface area contributed by atoms with Gasteiger partial charge in [0.2, 0.25) is 0 Å². The molecule has 1 heterocycles. The van der Waals surface area contributed by atoms with Crippen LogP contribution < -0.4 is 4.90 Å². The Morgan fingerprint density at radius 3 is 2.11 bits per heavy atom. The van der Waals surface area contributed by atoms with Crippen LogP contribution >= 0.6 is 0 Å². The van der Waals surface area contributed by atoms with E-state index in [0.717, 1.165) is 22.5 Å². The summed E-state index contributed by atoms with van der Waals surface area (Å²) >= 11 is 0. The zero-order chi connectivity index (χ0) is 19.5. The van der Waals surface area contributed by atoms with Gasteiger partial charge in [0.15, 0.2) is 0 Å². The summed E-state index contributed by atoms with van der Waals surface area (Å²) in [5.74, 6) is -0.0757. The summed E-state index contributed by atoms with van der Waals surface area (Å²) in [4.78, 5) is 15.3. The van der Waals surface area contributed by atoms with Crippen molar-refractivity contribution < 1.29 is 4.79 Å². The Bertz CT molecular complexity index is 979. The molecule has 1 amide bonds. The van der Waals surface area contributed by atoms with Crippen LogP contribution in [-0.2, 0) is 0 Å². The first-order valence-electron chi connectivity index (χ1n) is 9.42. The van der Waals surface area contributed by atoms with Crippen LogP contribution in [0.1, 0.15) is 33.9 Å². The lowest BCUT2D eigenvalue weighted by atomic mass is 9.98. The van der Waals surface area contributed by atoms with E-state index in [9.17, 15) is 4.79 Å². The summed E-state index contributed by atoms with van der Waals surface area (Å²) in [6.45, 7) is 0. The average molecular weight is 369 g/mol. The highest BCUT2D eigenvalue weighted by molar-refractivity contribution is 6.05. The van der Waals surface area contributed by atoms with Gasteiger partial charge in [-0.25, -0.2) is 5.01 Å². The van der Waals surface area contributed by atoms with E-state index < -0.39 is 0 Å². The van der Waals surface area contributed by atoms with E-state index in [-0.39, 0.29) is 11.9 Å². The zero-order valence-corrected chi connectivity index (χ0v) is 16.1. The normalized spacial score (nSPS) is 16.0. The van der Waals surface area contributed by atoms with E-state index >= 15 is 0 Å².